The van der Waals surface area contributed by atoms with Gasteiger partial charge < -0.3 is 9.47 Å². The maximum Gasteiger partial charge on any atom is 0.348 e. The fourth-order valence-corrected chi connectivity index (χ4v) is 5.50. The highest BCUT2D eigenvalue weighted by atomic mass is 16.6. The normalized spacial score (nSPS) is 12.7. The van der Waals surface area contributed by atoms with Gasteiger partial charge in [0.25, 0.3) is 0 Å². The highest BCUT2D eigenvalue weighted by Crippen LogP contribution is 2.34. The van der Waals surface area contributed by atoms with E-state index in [1.165, 1.54) is 29.4 Å². The summed E-state index contributed by atoms with van der Waals surface area (Å²) >= 11 is 0. The number of hydrogen-bond acceptors (Lipinski definition) is 9. The second-order valence-corrected chi connectivity index (χ2v) is 10.1. The summed E-state index contributed by atoms with van der Waals surface area (Å²) in [7, 11) is 2.84. The zero-order valence-electron chi connectivity index (χ0n) is 23.3. The minimum absolute atomic E-state index is 0.0493. The van der Waals surface area contributed by atoms with Gasteiger partial charge in [0.05, 0.1) is 48.2 Å². The number of rotatable bonds is 4. The molecule has 13 heteroatoms. The van der Waals surface area contributed by atoms with E-state index in [2.05, 4.69) is 0 Å². The lowest BCUT2D eigenvalue weighted by Gasteiger charge is -2.13. The first-order valence-electron chi connectivity index (χ1n) is 13.2. The number of carbonyl (C=O) groups excluding carboxylic acids is 2. The van der Waals surface area contributed by atoms with E-state index in [4.69, 9.17) is 9.47 Å². The molecule has 2 heterocycles. The summed E-state index contributed by atoms with van der Waals surface area (Å²) in [6, 6.07) is 17.6. The van der Waals surface area contributed by atoms with Crippen LogP contribution in [0.2, 0.25) is 0 Å². The zero-order valence-corrected chi connectivity index (χ0v) is 23.3. The van der Waals surface area contributed by atoms with Crippen LogP contribution in [0.15, 0.2) is 77.6 Å². The van der Waals surface area contributed by atoms with E-state index in [-0.39, 0.29) is 57.9 Å². The Morgan fingerprint density at radius 1 is 0.614 bits per heavy atom. The lowest BCUT2D eigenvalue weighted by Crippen LogP contribution is -2.25. The number of imidazole rings is 1. The fraction of sp³-hybridized carbons (Fsp3) is 0.129. The number of ether oxygens (including phenoxy) is 2. The van der Waals surface area contributed by atoms with Crippen molar-refractivity contribution in [2.24, 2.45) is 0 Å². The Labute approximate surface area is 247 Å². The quantitative estimate of drug-likeness (QED) is 0.211. The standard InChI is InChI=1S/C31H22N4O9/c1-43-27-8-6-19-11-21(27)15-32-23-13-25(34(39)40)26(35(41)42)14-24(23)33(31(32)38)16-22-12-20(7-9-28(22)44-2)30(37)18-5-3-4-17(10-18)29(19)36/h3-14H,15-16H2,1-2H3. The van der Waals surface area contributed by atoms with Gasteiger partial charge in [-0.3, -0.25) is 39.0 Å². The van der Waals surface area contributed by atoms with Crippen LogP contribution in [0, 0.1) is 20.2 Å². The number of nitrogens with zero attached hydrogens (tertiary/aromatic N) is 4. The van der Waals surface area contributed by atoms with Crippen LogP contribution in [0.5, 0.6) is 11.5 Å². The van der Waals surface area contributed by atoms with Gasteiger partial charge in [-0.25, -0.2) is 4.79 Å². The van der Waals surface area contributed by atoms with E-state index in [1.54, 1.807) is 54.6 Å². The molecule has 8 bridgehead atoms. The van der Waals surface area contributed by atoms with Crippen LogP contribution in [0.4, 0.5) is 11.4 Å². The van der Waals surface area contributed by atoms with Crippen molar-refractivity contribution in [3.63, 3.8) is 0 Å². The van der Waals surface area contributed by atoms with Crippen molar-refractivity contribution in [1.29, 1.82) is 0 Å². The number of aromatic nitrogens is 2. The molecule has 0 atom stereocenters. The van der Waals surface area contributed by atoms with Gasteiger partial charge in [-0.15, -0.1) is 0 Å². The van der Waals surface area contributed by atoms with E-state index in [0.29, 0.717) is 22.6 Å². The third-order valence-corrected chi connectivity index (χ3v) is 7.64. The topological polar surface area (TPSA) is 166 Å². The smallest absolute Gasteiger partial charge is 0.348 e. The van der Waals surface area contributed by atoms with Gasteiger partial charge in [0, 0.05) is 45.5 Å². The van der Waals surface area contributed by atoms with Crippen LogP contribution in [0.1, 0.15) is 43.0 Å². The molecule has 6 rings (SSSR count). The van der Waals surface area contributed by atoms with Crippen molar-refractivity contribution >= 4 is 34.0 Å². The second-order valence-electron chi connectivity index (χ2n) is 10.1. The molecule has 1 aromatic heterocycles. The third-order valence-electron chi connectivity index (χ3n) is 7.64. The first-order chi connectivity index (χ1) is 21.1. The summed E-state index contributed by atoms with van der Waals surface area (Å²) in [4.78, 5) is 63.1. The lowest BCUT2D eigenvalue weighted by atomic mass is 9.95. The fourth-order valence-electron chi connectivity index (χ4n) is 5.50. The van der Waals surface area contributed by atoms with Gasteiger partial charge in [-0.05, 0) is 42.5 Å². The predicted octanol–water partition coefficient (Wildman–Crippen LogP) is 4.51. The molecule has 0 saturated heterocycles. The van der Waals surface area contributed by atoms with E-state index >= 15 is 0 Å². The summed E-state index contributed by atoms with van der Waals surface area (Å²) in [5.74, 6) is -0.0884. The summed E-state index contributed by atoms with van der Waals surface area (Å²) in [5.41, 5.74) is -0.288. The predicted molar refractivity (Wildman–Crippen MR) is 157 cm³/mol. The van der Waals surface area contributed by atoms with Crippen LogP contribution in [-0.4, -0.2) is 44.8 Å². The number of nitro groups is 2. The molecule has 1 aliphatic heterocycles. The minimum atomic E-state index is -0.884. The molecular formula is C31H22N4O9. The van der Waals surface area contributed by atoms with E-state index in [1.807, 2.05) is 0 Å². The zero-order chi connectivity index (χ0) is 31.3. The average molecular weight is 595 g/mol. The molecule has 0 saturated carbocycles. The van der Waals surface area contributed by atoms with Crippen molar-refractivity contribution in [3.8, 4) is 11.5 Å². The molecule has 13 nitrogen and oxygen atoms in total. The first-order valence-corrected chi connectivity index (χ1v) is 13.2. The number of fused-ring (bicyclic) bond motifs is 11. The first kappa shape index (κ1) is 28.0. The van der Waals surface area contributed by atoms with Gasteiger partial charge in [-0.1, -0.05) is 18.2 Å². The number of benzene rings is 4. The van der Waals surface area contributed by atoms with Crippen LogP contribution >= 0.6 is 0 Å². The monoisotopic (exact) mass is 594 g/mol. The molecule has 0 fully saturated rings. The Bertz CT molecular complexity index is 1980. The van der Waals surface area contributed by atoms with E-state index in [9.17, 15) is 34.6 Å². The Morgan fingerprint density at radius 2 is 1.02 bits per heavy atom. The van der Waals surface area contributed by atoms with Crippen LogP contribution < -0.4 is 15.2 Å². The molecule has 0 aliphatic carbocycles. The van der Waals surface area contributed by atoms with Crippen LogP contribution in [0.25, 0.3) is 11.0 Å². The number of hydrogen-bond donors (Lipinski definition) is 0. The van der Waals surface area contributed by atoms with Gasteiger partial charge >= 0.3 is 17.1 Å². The summed E-state index contributed by atoms with van der Waals surface area (Å²) in [6.07, 6.45) is 0. The Kier molecular flexibility index (Phi) is 6.77. The Balaban J connectivity index is 1.71. The average Bonchev–Trinajstić information content (AvgIpc) is 3.28. The van der Waals surface area contributed by atoms with E-state index in [0.717, 1.165) is 12.1 Å². The Hall–Kier alpha value is -6.11. The van der Waals surface area contributed by atoms with Gasteiger partial charge in [0.15, 0.2) is 11.6 Å². The minimum Gasteiger partial charge on any atom is -0.496 e. The maximum atomic E-state index is 14.1. The molecule has 1 aliphatic rings. The molecule has 0 radical (unpaired) electrons. The molecule has 5 aromatic rings. The molecule has 0 spiro atoms. The molecule has 44 heavy (non-hydrogen) atoms. The van der Waals surface area contributed by atoms with Crippen molar-refractivity contribution in [2.45, 2.75) is 13.1 Å². The molecule has 220 valence electrons. The molecule has 0 unspecified atom stereocenters. The van der Waals surface area contributed by atoms with E-state index < -0.39 is 26.9 Å². The molecule has 0 amide bonds. The number of carbonyl (C=O) groups is 2. The van der Waals surface area contributed by atoms with Crippen LogP contribution in [-0.2, 0) is 13.1 Å². The summed E-state index contributed by atoms with van der Waals surface area (Å²) in [5, 5.41) is 23.7. The van der Waals surface area contributed by atoms with Gasteiger partial charge in [-0.2, -0.15) is 0 Å². The number of nitro benzene ring substituents is 2. The molecular weight excluding hydrogens is 572 g/mol. The Morgan fingerprint density at radius 3 is 1.41 bits per heavy atom. The highest BCUT2D eigenvalue weighted by Gasteiger charge is 2.29. The number of ketones is 2. The maximum absolute atomic E-state index is 14.1. The third kappa shape index (κ3) is 4.56. The number of methoxy groups -OCH3 is 2. The summed E-state index contributed by atoms with van der Waals surface area (Å²) < 4.78 is 13.5. The van der Waals surface area contributed by atoms with Crippen LogP contribution in [0.3, 0.4) is 0 Å². The second kappa shape index (κ2) is 10.6. The molecule has 4 aromatic carbocycles. The molecule has 0 N–H and O–H groups in total. The SMILES string of the molecule is COc1ccc2cc1Cn1c(=O)n(c3cc([N+](=O)[O-])c([N+](=O)[O-])cc31)Cc1cc(ccc1OC)C(=O)c1cccc(c1)C2=O. The largest absolute Gasteiger partial charge is 0.496 e. The van der Waals surface area contributed by atoms with Crippen molar-refractivity contribution < 1.29 is 28.9 Å². The van der Waals surface area contributed by atoms with Crippen molar-refractivity contribution in [1.82, 2.24) is 9.13 Å². The van der Waals surface area contributed by atoms with Gasteiger partial charge in [0.2, 0.25) is 0 Å². The van der Waals surface area contributed by atoms with Gasteiger partial charge in [0.1, 0.15) is 11.5 Å². The highest BCUT2D eigenvalue weighted by molar-refractivity contribution is 6.13. The lowest BCUT2D eigenvalue weighted by molar-refractivity contribution is -0.422. The van der Waals surface area contributed by atoms with Crippen molar-refractivity contribution in [2.75, 3.05) is 14.2 Å². The van der Waals surface area contributed by atoms with Crippen molar-refractivity contribution in [3.05, 3.63) is 137 Å². The summed E-state index contributed by atoms with van der Waals surface area (Å²) in [6.45, 7) is -0.366.